The van der Waals surface area contributed by atoms with Crippen LogP contribution in [0.5, 0.6) is 0 Å². The number of carboxylic acids is 1. The molecule has 0 radical (unpaired) electrons. The van der Waals surface area contributed by atoms with E-state index in [1.165, 1.54) is 18.2 Å². The highest BCUT2D eigenvalue weighted by molar-refractivity contribution is 14.1. The Morgan fingerprint density at radius 1 is 1.05 bits per heavy atom. The van der Waals surface area contributed by atoms with Crippen molar-refractivity contribution in [3.8, 4) is 0 Å². The molecule has 2 amide bonds. The second kappa shape index (κ2) is 6.77. The number of aromatic carboxylic acids is 1. The Labute approximate surface area is 139 Å². The van der Waals surface area contributed by atoms with Crippen LogP contribution in [-0.2, 0) is 0 Å². The van der Waals surface area contributed by atoms with Crippen LogP contribution in [0.4, 0.5) is 16.2 Å². The average molecular weight is 417 g/mol. The number of amides is 2. The van der Waals surface area contributed by atoms with Gasteiger partial charge in [-0.2, -0.15) is 0 Å². The number of hydrogen-bond acceptors (Lipinski definition) is 2. The third kappa shape index (κ3) is 4.33. The van der Waals surface area contributed by atoms with Gasteiger partial charge in [0.1, 0.15) is 0 Å². The zero-order valence-corrected chi connectivity index (χ0v) is 13.5. The molecule has 0 saturated heterocycles. The van der Waals surface area contributed by atoms with Crippen LogP contribution in [0.3, 0.4) is 0 Å². The molecule has 0 aliphatic heterocycles. The van der Waals surface area contributed by atoms with Gasteiger partial charge in [-0.15, -0.1) is 0 Å². The number of carboxylic acid groups (broad SMARTS) is 1. The van der Waals surface area contributed by atoms with Gasteiger partial charge in [-0.25, -0.2) is 9.59 Å². The number of halogens is 2. The quantitative estimate of drug-likeness (QED) is 0.653. The maximum Gasteiger partial charge on any atom is 0.335 e. The van der Waals surface area contributed by atoms with Crippen molar-refractivity contribution in [2.24, 2.45) is 0 Å². The molecular weight excluding hydrogens is 407 g/mol. The Hall–Kier alpha value is -1.80. The number of rotatable bonds is 3. The molecule has 2 aromatic rings. The average Bonchev–Trinajstić information content (AvgIpc) is 2.43. The Morgan fingerprint density at radius 3 is 2.29 bits per heavy atom. The summed E-state index contributed by atoms with van der Waals surface area (Å²) >= 11 is 8.10. The van der Waals surface area contributed by atoms with E-state index in [0.717, 1.165) is 3.57 Å². The van der Waals surface area contributed by atoms with Crippen LogP contribution in [0.25, 0.3) is 0 Å². The summed E-state index contributed by atoms with van der Waals surface area (Å²) in [5.41, 5.74) is 1.04. The number of hydrogen-bond donors (Lipinski definition) is 3. The standard InChI is InChI=1S/C14H10ClIN2O3/c15-11-7-8(13(19)20)1-6-12(11)18-14(21)17-10-4-2-9(16)3-5-10/h1-7H,(H,19,20)(H2,17,18,21). The first-order valence-electron chi connectivity index (χ1n) is 5.82. The first kappa shape index (κ1) is 15.6. The predicted octanol–water partition coefficient (Wildman–Crippen LogP) is 4.29. The molecule has 0 unspecified atom stereocenters. The van der Waals surface area contributed by atoms with E-state index < -0.39 is 12.0 Å². The normalized spacial score (nSPS) is 10.0. The Balaban J connectivity index is 2.06. The smallest absolute Gasteiger partial charge is 0.335 e. The van der Waals surface area contributed by atoms with Gasteiger partial charge in [0, 0.05) is 9.26 Å². The van der Waals surface area contributed by atoms with Crippen molar-refractivity contribution in [2.75, 3.05) is 10.6 Å². The van der Waals surface area contributed by atoms with Crippen molar-refractivity contribution in [2.45, 2.75) is 0 Å². The molecule has 0 atom stereocenters. The van der Waals surface area contributed by atoms with Crippen LogP contribution in [0.1, 0.15) is 10.4 Å². The molecule has 7 heteroatoms. The van der Waals surface area contributed by atoms with Gasteiger partial charge in [-0.1, -0.05) is 11.6 Å². The summed E-state index contributed by atoms with van der Waals surface area (Å²) in [6, 6.07) is 10.9. The molecule has 0 aliphatic rings. The summed E-state index contributed by atoms with van der Waals surface area (Å²) in [7, 11) is 0. The van der Waals surface area contributed by atoms with Crippen LogP contribution in [0.15, 0.2) is 42.5 Å². The molecule has 0 heterocycles. The monoisotopic (exact) mass is 416 g/mol. The largest absolute Gasteiger partial charge is 0.478 e. The van der Waals surface area contributed by atoms with E-state index in [9.17, 15) is 9.59 Å². The molecule has 0 aromatic heterocycles. The topological polar surface area (TPSA) is 78.4 Å². The molecule has 21 heavy (non-hydrogen) atoms. The molecule has 0 aliphatic carbocycles. The summed E-state index contributed by atoms with van der Waals surface area (Å²) in [5.74, 6) is -1.08. The lowest BCUT2D eigenvalue weighted by molar-refractivity contribution is 0.0697. The minimum absolute atomic E-state index is 0.0589. The van der Waals surface area contributed by atoms with Gasteiger partial charge < -0.3 is 15.7 Å². The van der Waals surface area contributed by atoms with E-state index in [1.54, 1.807) is 12.1 Å². The predicted molar refractivity (Wildman–Crippen MR) is 90.2 cm³/mol. The van der Waals surface area contributed by atoms with Crippen LogP contribution in [-0.4, -0.2) is 17.1 Å². The summed E-state index contributed by atoms with van der Waals surface area (Å²) in [4.78, 5) is 22.6. The lowest BCUT2D eigenvalue weighted by Gasteiger charge is -2.09. The fourth-order valence-electron chi connectivity index (χ4n) is 1.57. The zero-order chi connectivity index (χ0) is 15.4. The second-order valence-corrected chi connectivity index (χ2v) is 5.74. The van der Waals surface area contributed by atoms with E-state index in [-0.39, 0.29) is 10.6 Å². The fraction of sp³-hybridized carbons (Fsp3) is 0. The van der Waals surface area contributed by atoms with Gasteiger partial charge in [0.2, 0.25) is 0 Å². The molecule has 2 rings (SSSR count). The van der Waals surface area contributed by atoms with E-state index in [2.05, 4.69) is 33.2 Å². The minimum atomic E-state index is -1.08. The SMILES string of the molecule is O=C(Nc1ccc(I)cc1)Nc1ccc(C(=O)O)cc1Cl. The zero-order valence-electron chi connectivity index (χ0n) is 10.6. The molecule has 5 nitrogen and oxygen atoms in total. The van der Waals surface area contributed by atoms with Gasteiger partial charge in [-0.3, -0.25) is 0 Å². The van der Waals surface area contributed by atoms with Gasteiger partial charge in [0.15, 0.2) is 0 Å². The third-order valence-electron chi connectivity index (χ3n) is 2.57. The van der Waals surface area contributed by atoms with Crippen LogP contribution >= 0.6 is 34.2 Å². The number of carbonyl (C=O) groups is 2. The minimum Gasteiger partial charge on any atom is -0.478 e. The molecule has 0 fully saturated rings. The number of nitrogens with one attached hydrogen (secondary N) is 2. The summed E-state index contributed by atoms with van der Waals surface area (Å²) in [5, 5.41) is 14.2. The molecule has 3 N–H and O–H groups in total. The summed E-state index contributed by atoms with van der Waals surface area (Å²) in [6.45, 7) is 0. The first-order chi connectivity index (χ1) is 9.95. The molecule has 108 valence electrons. The molecule has 2 aromatic carbocycles. The number of anilines is 2. The fourth-order valence-corrected chi connectivity index (χ4v) is 2.15. The number of urea groups is 1. The van der Waals surface area contributed by atoms with Crippen molar-refractivity contribution >= 4 is 57.6 Å². The summed E-state index contributed by atoms with van der Waals surface area (Å²) < 4.78 is 1.06. The number of benzene rings is 2. The maximum absolute atomic E-state index is 11.8. The summed E-state index contributed by atoms with van der Waals surface area (Å²) in [6.07, 6.45) is 0. The Morgan fingerprint density at radius 2 is 1.71 bits per heavy atom. The van der Waals surface area contributed by atoms with E-state index in [4.69, 9.17) is 16.7 Å². The van der Waals surface area contributed by atoms with Gasteiger partial charge in [0.05, 0.1) is 16.3 Å². The van der Waals surface area contributed by atoms with Crippen molar-refractivity contribution in [1.29, 1.82) is 0 Å². The molecular formula is C14H10ClIN2O3. The first-order valence-corrected chi connectivity index (χ1v) is 7.28. The van der Waals surface area contributed by atoms with Crippen molar-refractivity contribution in [3.05, 3.63) is 56.6 Å². The highest BCUT2D eigenvalue weighted by atomic mass is 127. The van der Waals surface area contributed by atoms with Gasteiger partial charge in [0.25, 0.3) is 0 Å². The van der Waals surface area contributed by atoms with Gasteiger partial charge >= 0.3 is 12.0 Å². The van der Waals surface area contributed by atoms with Crippen molar-refractivity contribution in [1.82, 2.24) is 0 Å². The number of carbonyl (C=O) groups excluding carboxylic acids is 1. The van der Waals surface area contributed by atoms with Crippen LogP contribution < -0.4 is 10.6 Å². The lowest BCUT2D eigenvalue weighted by atomic mass is 10.2. The van der Waals surface area contributed by atoms with E-state index >= 15 is 0 Å². The van der Waals surface area contributed by atoms with E-state index in [0.29, 0.717) is 11.4 Å². The highest BCUT2D eigenvalue weighted by Crippen LogP contribution is 2.23. The van der Waals surface area contributed by atoms with Crippen LogP contribution in [0, 0.1) is 3.57 Å². The molecule has 0 spiro atoms. The Bertz CT molecular complexity index is 689. The van der Waals surface area contributed by atoms with Gasteiger partial charge in [-0.05, 0) is 65.1 Å². The maximum atomic E-state index is 11.8. The molecule has 0 saturated carbocycles. The van der Waals surface area contributed by atoms with Crippen molar-refractivity contribution < 1.29 is 14.7 Å². The van der Waals surface area contributed by atoms with E-state index in [1.807, 2.05) is 12.1 Å². The second-order valence-electron chi connectivity index (χ2n) is 4.09. The van der Waals surface area contributed by atoms with Crippen LogP contribution in [0.2, 0.25) is 5.02 Å². The van der Waals surface area contributed by atoms with Crippen molar-refractivity contribution in [3.63, 3.8) is 0 Å². The molecule has 0 bridgehead atoms. The Kier molecular flexibility index (Phi) is 5.03. The lowest BCUT2D eigenvalue weighted by Crippen LogP contribution is -2.19. The third-order valence-corrected chi connectivity index (χ3v) is 3.60. The highest BCUT2D eigenvalue weighted by Gasteiger charge is 2.09.